The zero-order chi connectivity index (χ0) is 13.2. The smallest absolute Gasteiger partial charge is 0.000966 e. The molecule has 0 aromatic carbocycles. The fourth-order valence-corrected chi connectivity index (χ4v) is 2.91. The van der Waals surface area contributed by atoms with Gasteiger partial charge in [0.2, 0.25) is 0 Å². The minimum absolute atomic E-state index is 1.02. The van der Waals surface area contributed by atoms with E-state index in [1.54, 1.807) is 0 Å². The summed E-state index contributed by atoms with van der Waals surface area (Å²) in [6, 6.07) is 0. The fourth-order valence-electron chi connectivity index (χ4n) is 2.91. The second-order valence-corrected chi connectivity index (χ2v) is 5.89. The Kier molecular flexibility index (Phi) is 8.70. The summed E-state index contributed by atoms with van der Waals surface area (Å²) in [7, 11) is 0. The van der Waals surface area contributed by atoms with E-state index in [1.165, 1.54) is 77.8 Å². The van der Waals surface area contributed by atoms with E-state index in [4.69, 9.17) is 0 Å². The van der Waals surface area contributed by atoms with Gasteiger partial charge in [-0.25, -0.2) is 0 Å². The van der Waals surface area contributed by atoms with Crippen molar-refractivity contribution >= 4 is 0 Å². The van der Waals surface area contributed by atoms with E-state index in [1.807, 2.05) is 0 Å². The molecule has 0 amide bonds. The van der Waals surface area contributed by atoms with Crippen LogP contribution in [0.1, 0.15) is 59.3 Å². The molecule has 0 saturated heterocycles. The predicted molar refractivity (Wildman–Crippen MR) is 81.1 cm³/mol. The highest BCUT2D eigenvalue weighted by molar-refractivity contribution is 4.74. The average Bonchev–Trinajstić information content (AvgIpc) is 2.32. The first-order valence-corrected chi connectivity index (χ1v) is 8.24. The van der Waals surface area contributed by atoms with Crippen LogP contribution in [-0.4, -0.2) is 49.1 Å². The molecule has 1 aliphatic carbocycles. The van der Waals surface area contributed by atoms with E-state index in [0.717, 1.165) is 5.92 Å². The van der Waals surface area contributed by atoms with E-state index < -0.39 is 0 Å². The lowest BCUT2D eigenvalue weighted by Crippen LogP contribution is -2.35. The summed E-state index contributed by atoms with van der Waals surface area (Å²) >= 11 is 0. The summed E-state index contributed by atoms with van der Waals surface area (Å²) in [4.78, 5) is 5.30. The van der Waals surface area contributed by atoms with Gasteiger partial charge in [0.15, 0.2) is 0 Å². The maximum Gasteiger partial charge on any atom is 0.000966 e. The first-order chi connectivity index (χ1) is 8.80. The molecule has 0 atom stereocenters. The van der Waals surface area contributed by atoms with Gasteiger partial charge in [-0.1, -0.05) is 27.2 Å². The monoisotopic (exact) mass is 254 g/mol. The van der Waals surface area contributed by atoms with Crippen molar-refractivity contribution in [2.45, 2.75) is 59.3 Å². The second kappa shape index (κ2) is 9.80. The molecular weight excluding hydrogens is 220 g/mol. The Balaban J connectivity index is 2.14. The number of hydrogen-bond donors (Lipinski definition) is 0. The van der Waals surface area contributed by atoms with Crippen molar-refractivity contribution < 1.29 is 0 Å². The number of rotatable bonds is 11. The van der Waals surface area contributed by atoms with E-state index >= 15 is 0 Å². The molecule has 18 heavy (non-hydrogen) atoms. The lowest BCUT2D eigenvalue weighted by molar-refractivity contribution is 0.167. The Morgan fingerprint density at radius 1 is 0.833 bits per heavy atom. The molecule has 0 aromatic heterocycles. The number of nitrogens with zero attached hydrogens (tertiary/aromatic N) is 2. The van der Waals surface area contributed by atoms with Gasteiger partial charge in [0.05, 0.1) is 0 Å². The normalized spacial score (nSPS) is 16.5. The Morgan fingerprint density at radius 2 is 1.44 bits per heavy atom. The van der Waals surface area contributed by atoms with Gasteiger partial charge in [-0.2, -0.15) is 0 Å². The van der Waals surface area contributed by atoms with E-state index in [0.29, 0.717) is 0 Å². The molecule has 0 unspecified atom stereocenters. The van der Waals surface area contributed by atoms with Gasteiger partial charge in [-0.05, 0) is 70.7 Å². The van der Waals surface area contributed by atoms with E-state index in [2.05, 4.69) is 30.6 Å². The Bertz CT molecular complexity index is 190. The standard InChI is InChI=1S/C16H34N2/c1-4-11-17(6-3)13-8-14-18(12-5-2)15-16-9-7-10-16/h16H,4-15H2,1-3H3. The molecule has 0 heterocycles. The molecule has 0 spiro atoms. The Labute approximate surface area is 115 Å². The van der Waals surface area contributed by atoms with Crippen LogP contribution in [0, 0.1) is 5.92 Å². The Hall–Kier alpha value is -0.0800. The van der Waals surface area contributed by atoms with Gasteiger partial charge in [0.25, 0.3) is 0 Å². The van der Waals surface area contributed by atoms with Crippen molar-refractivity contribution in [1.82, 2.24) is 9.80 Å². The quantitative estimate of drug-likeness (QED) is 0.555. The van der Waals surface area contributed by atoms with Crippen LogP contribution in [0.2, 0.25) is 0 Å². The van der Waals surface area contributed by atoms with Gasteiger partial charge in [-0.3, -0.25) is 0 Å². The third-order valence-electron chi connectivity index (χ3n) is 4.22. The molecule has 1 saturated carbocycles. The summed E-state index contributed by atoms with van der Waals surface area (Å²) in [6.45, 7) is 14.6. The molecule has 1 aliphatic rings. The zero-order valence-electron chi connectivity index (χ0n) is 13.0. The average molecular weight is 254 g/mol. The summed E-state index contributed by atoms with van der Waals surface area (Å²) in [6.07, 6.45) is 8.38. The SMILES string of the molecule is CCCN(CC)CCCN(CCC)CC1CCC1. The lowest BCUT2D eigenvalue weighted by Gasteiger charge is -2.32. The largest absolute Gasteiger partial charge is 0.304 e. The van der Waals surface area contributed by atoms with Crippen LogP contribution in [-0.2, 0) is 0 Å². The van der Waals surface area contributed by atoms with Crippen LogP contribution < -0.4 is 0 Å². The van der Waals surface area contributed by atoms with Gasteiger partial charge in [0, 0.05) is 6.54 Å². The van der Waals surface area contributed by atoms with Crippen molar-refractivity contribution in [3.8, 4) is 0 Å². The van der Waals surface area contributed by atoms with Crippen LogP contribution in [0.15, 0.2) is 0 Å². The van der Waals surface area contributed by atoms with Gasteiger partial charge >= 0.3 is 0 Å². The predicted octanol–water partition coefficient (Wildman–Crippen LogP) is 3.62. The molecule has 2 nitrogen and oxygen atoms in total. The summed E-state index contributed by atoms with van der Waals surface area (Å²) < 4.78 is 0. The van der Waals surface area contributed by atoms with Crippen molar-refractivity contribution in [3.63, 3.8) is 0 Å². The minimum atomic E-state index is 1.02. The van der Waals surface area contributed by atoms with Gasteiger partial charge in [-0.15, -0.1) is 0 Å². The van der Waals surface area contributed by atoms with Crippen molar-refractivity contribution in [2.75, 3.05) is 39.3 Å². The van der Waals surface area contributed by atoms with E-state index in [-0.39, 0.29) is 0 Å². The molecule has 0 radical (unpaired) electrons. The molecule has 0 aliphatic heterocycles. The fraction of sp³-hybridized carbons (Fsp3) is 1.00. The molecule has 108 valence electrons. The van der Waals surface area contributed by atoms with Crippen LogP contribution >= 0.6 is 0 Å². The second-order valence-electron chi connectivity index (χ2n) is 5.89. The van der Waals surface area contributed by atoms with Crippen molar-refractivity contribution in [3.05, 3.63) is 0 Å². The molecule has 1 fully saturated rings. The van der Waals surface area contributed by atoms with Crippen molar-refractivity contribution in [2.24, 2.45) is 5.92 Å². The van der Waals surface area contributed by atoms with Crippen LogP contribution in [0.3, 0.4) is 0 Å². The topological polar surface area (TPSA) is 6.48 Å². The number of hydrogen-bond acceptors (Lipinski definition) is 2. The molecule has 1 rings (SSSR count). The summed E-state index contributed by atoms with van der Waals surface area (Å²) in [5, 5.41) is 0. The molecule has 0 aromatic rings. The third-order valence-corrected chi connectivity index (χ3v) is 4.22. The zero-order valence-corrected chi connectivity index (χ0v) is 13.0. The van der Waals surface area contributed by atoms with E-state index in [9.17, 15) is 0 Å². The first kappa shape index (κ1) is 16.0. The van der Waals surface area contributed by atoms with Crippen molar-refractivity contribution in [1.29, 1.82) is 0 Å². The van der Waals surface area contributed by atoms with Crippen LogP contribution in [0.25, 0.3) is 0 Å². The Morgan fingerprint density at radius 3 is 1.94 bits per heavy atom. The highest BCUT2D eigenvalue weighted by atomic mass is 15.1. The summed E-state index contributed by atoms with van der Waals surface area (Å²) in [5.41, 5.74) is 0. The highest BCUT2D eigenvalue weighted by Crippen LogP contribution is 2.27. The summed E-state index contributed by atoms with van der Waals surface area (Å²) in [5.74, 6) is 1.02. The van der Waals surface area contributed by atoms with Crippen LogP contribution in [0.5, 0.6) is 0 Å². The maximum absolute atomic E-state index is 2.71. The molecule has 0 bridgehead atoms. The highest BCUT2D eigenvalue weighted by Gasteiger charge is 2.20. The lowest BCUT2D eigenvalue weighted by atomic mass is 9.85. The van der Waals surface area contributed by atoms with Crippen LogP contribution in [0.4, 0.5) is 0 Å². The molecule has 2 heteroatoms. The minimum Gasteiger partial charge on any atom is -0.304 e. The van der Waals surface area contributed by atoms with Gasteiger partial charge in [0.1, 0.15) is 0 Å². The first-order valence-electron chi connectivity index (χ1n) is 8.24. The third kappa shape index (κ3) is 6.19. The maximum atomic E-state index is 2.71. The van der Waals surface area contributed by atoms with Gasteiger partial charge < -0.3 is 9.80 Å². The molecular formula is C16H34N2. The molecule has 0 N–H and O–H groups in total.